The van der Waals surface area contributed by atoms with Crippen LogP contribution in [-0.4, -0.2) is 48.6 Å². The Morgan fingerprint density at radius 2 is 1.86 bits per heavy atom. The third kappa shape index (κ3) is 4.20. The van der Waals surface area contributed by atoms with Crippen LogP contribution < -0.4 is 10.6 Å². The molecular formula is C14H19N3O4. The van der Waals surface area contributed by atoms with Crippen molar-refractivity contribution in [3.63, 3.8) is 0 Å². The summed E-state index contributed by atoms with van der Waals surface area (Å²) in [6.45, 7) is 3.38. The van der Waals surface area contributed by atoms with Crippen LogP contribution in [0.1, 0.15) is 21.5 Å². The summed E-state index contributed by atoms with van der Waals surface area (Å²) in [6, 6.07) is 2.72. The number of carbonyl (C=O) groups is 3. The summed E-state index contributed by atoms with van der Waals surface area (Å²) in [5.41, 5.74) is 1.70. The number of anilines is 1. The minimum atomic E-state index is -1.12. The van der Waals surface area contributed by atoms with E-state index in [0.717, 1.165) is 5.56 Å². The van der Waals surface area contributed by atoms with Gasteiger partial charge in [0.1, 0.15) is 6.54 Å². The van der Waals surface area contributed by atoms with Crippen LogP contribution in [0.15, 0.2) is 12.1 Å². The summed E-state index contributed by atoms with van der Waals surface area (Å²) in [5, 5.41) is 14.2. The van der Waals surface area contributed by atoms with Gasteiger partial charge in [-0.05, 0) is 31.0 Å². The van der Waals surface area contributed by atoms with Gasteiger partial charge in [0.2, 0.25) is 5.91 Å². The maximum absolute atomic E-state index is 12.0. The van der Waals surface area contributed by atoms with Crippen molar-refractivity contribution in [3.05, 3.63) is 28.8 Å². The Labute approximate surface area is 122 Å². The smallest absolute Gasteiger partial charge is 0.337 e. The molecule has 1 rings (SSSR count). The molecule has 0 aromatic heterocycles. The van der Waals surface area contributed by atoms with Crippen LogP contribution in [0.3, 0.4) is 0 Å². The van der Waals surface area contributed by atoms with Crippen LogP contribution in [-0.2, 0) is 4.79 Å². The topological polar surface area (TPSA) is 98.7 Å². The number of carbonyl (C=O) groups excluding carboxylic acids is 2. The average molecular weight is 293 g/mol. The molecule has 7 nitrogen and oxygen atoms in total. The summed E-state index contributed by atoms with van der Waals surface area (Å²) in [5.74, 6) is -1.43. The molecule has 0 unspecified atom stereocenters. The van der Waals surface area contributed by atoms with Crippen LogP contribution >= 0.6 is 0 Å². The van der Waals surface area contributed by atoms with E-state index in [2.05, 4.69) is 10.6 Å². The van der Waals surface area contributed by atoms with E-state index < -0.39 is 12.0 Å². The molecule has 1 aromatic rings. The maximum atomic E-state index is 12.0. The Balaban J connectivity index is 2.99. The van der Waals surface area contributed by atoms with Crippen molar-refractivity contribution in [1.82, 2.24) is 10.2 Å². The Morgan fingerprint density at radius 3 is 2.38 bits per heavy atom. The van der Waals surface area contributed by atoms with Gasteiger partial charge in [0.05, 0.1) is 11.3 Å². The normalized spacial score (nSPS) is 9.90. The Kier molecular flexibility index (Phi) is 5.29. The van der Waals surface area contributed by atoms with Crippen LogP contribution in [0.5, 0.6) is 0 Å². The fraction of sp³-hybridized carbons (Fsp3) is 0.357. The third-order valence-corrected chi connectivity index (χ3v) is 2.95. The molecule has 0 aliphatic carbocycles. The van der Waals surface area contributed by atoms with E-state index in [1.807, 2.05) is 0 Å². The zero-order valence-electron chi connectivity index (χ0n) is 12.5. The average Bonchev–Trinajstić information content (AvgIpc) is 2.40. The summed E-state index contributed by atoms with van der Waals surface area (Å²) < 4.78 is 0. The number of amides is 3. The van der Waals surface area contributed by atoms with Crippen molar-refractivity contribution in [1.29, 1.82) is 0 Å². The second-order valence-corrected chi connectivity index (χ2v) is 4.77. The number of likely N-dealkylation sites (N-methyl/N-ethyl adjacent to an activating group) is 2. The second kappa shape index (κ2) is 6.74. The van der Waals surface area contributed by atoms with Gasteiger partial charge in [-0.2, -0.15) is 0 Å². The molecule has 1 aromatic carbocycles. The number of urea groups is 1. The maximum Gasteiger partial charge on any atom is 0.337 e. The zero-order chi connectivity index (χ0) is 16.2. The molecule has 0 saturated carbocycles. The van der Waals surface area contributed by atoms with Gasteiger partial charge in [-0.25, -0.2) is 9.59 Å². The molecule has 3 N–H and O–H groups in total. The highest BCUT2D eigenvalue weighted by Gasteiger charge is 2.18. The van der Waals surface area contributed by atoms with E-state index in [-0.39, 0.29) is 23.7 Å². The number of hydrogen-bond donors (Lipinski definition) is 3. The molecule has 0 saturated heterocycles. The molecule has 0 atom stereocenters. The minimum Gasteiger partial charge on any atom is -0.478 e. The summed E-state index contributed by atoms with van der Waals surface area (Å²) in [4.78, 5) is 35.7. The van der Waals surface area contributed by atoms with Crippen molar-refractivity contribution in [2.24, 2.45) is 0 Å². The quantitative estimate of drug-likeness (QED) is 0.777. The van der Waals surface area contributed by atoms with Gasteiger partial charge in [0.15, 0.2) is 0 Å². The van der Waals surface area contributed by atoms with Crippen LogP contribution in [0.25, 0.3) is 0 Å². The largest absolute Gasteiger partial charge is 0.478 e. The predicted octanol–water partition coefficient (Wildman–Crippen LogP) is 1.21. The lowest BCUT2D eigenvalue weighted by molar-refractivity contribution is -0.120. The lowest BCUT2D eigenvalue weighted by Crippen LogP contribution is -2.39. The van der Waals surface area contributed by atoms with Crippen LogP contribution in [0, 0.1) is 13.8 Å². The summed E-state index contributed by atoms with van der Waals surface area (Å²) in [6.07, 6.45) is 0. The first kappa shape index (κ1) is 16.5. The SMILES string of the molecule is CNC(=O)CN(C)C(=O)Nc1c(C)cc(C)cc1C(=O)O. The summed E-state index contributed by atoms with van der Waals surface area (Å²) >= 11 is 0. The Morgan fingerprint density at radius 1 is 1.24 bits per heavy atom. The van der Waals surface area contributed by atoms with Crippen molar-refractivity contribution in [3.8, 4) is 0 Å². The van der Waals surface area contributed by atoms with E-state index in [9.17, 15) is 19.5 Å². The standard InChI is InChI=1S/C14H19N3O4/c1-8-5-9(2)12(10(6-8)13(19)20)16-14(21)17(4)7-11(18)15-3/h5-6H,7H2,1-4H3,(H,15,18)(H,16,21)(H,19,20). The van der Waals surface area contributed by atoms with Gasteiger partial charge < -0.3 is 20.6 Å². The molecule has 0 heterocycles. The molecule has 3 amide bonds. The zero-order valence-corrected chi connectivity index (χ0v) is 12.5. The lowest BCUT2D eigenvalue weighted by atomic mass is 10.0. The van der Waals surface area contributed by atoms with E-state index in [0.29, 0.717) is 5.56 Å². The molecule has 0 bridgehead atoms. The molecule has 0 fully saturated rings. The van der Waals surface area contributed by atoms with Gasteiger partial charge in [-0.15, -0.1) is 0 Å². The van der Waals surface area contributed by atoms with E-state index in [4.69, 9.17) is 0 Å². The number of hydrogen-bond acceptors (Lipinski definition) is 3. The number of carboxylic acid groups (broad SMARTS) is 1. The Bertz CT molecular complexity index is 584. The van der Waals surface area contributed by atoms with Gasteiger partial charge >= 0.3 is 12.0 Å². The van der Waals surface area contributed by atoms with Gasteiger partial charge in [-0.3, -0.25) is 4.79 Å². The third-order valence-electron chi connectivity index (χ3n) is 2.95. The van der Waals surface area contributed by atoms with Crippen molar-refractivity contribution >= 4 is 23.6 Å². The molecule has 7 heteroatoms. The van der Waals surface area contributed by atoms with Gasteiger partial charge in [0, 0.05) is 14.1 Å². The number of carboxylic acids is 1. The Hall–Kier alpha value is -2.57. The fourth-order valence-electron chi connectivity index (χ4n) is 1.87. The van der Waals surface area contributed by atoms with Crippen LogP contribution in [0.4, 0.5) is 10.5 Å². The van der Waals surface area contributed by atoms with Gasteiger partial charge in [-0.1, -0.05) is 6.07 Å². The molecular weight excluding hydrogens is 274 g/mol. The van der Waals surface area contributed by atoms with E-state index in [1.165, 1.54) is 25.1 Å². The van der Waals surface area contributed by atoms with Crippen molar-refractivity contribution < 1.29 is 19.5 Å². The van der Waals surface area contributed by atoms with Crippen molar-refractivity contribution in [2.45, 2.75) is 13.8 Å². The van der Waals surface area contributed by atoms with E-state index in [1.54, 1.807) is 19.9 Å². The number of benzene rings is 1. The number of nitrogens with one attached hydrogen (secondary N) is 2. The molecule has 0 radical (unpaired) electrons. The monoisotopic (exact) mass is 293 g/mol. The molecule has 21 heavy (non-hydrogen) atoms. The fourth-order valence-corrected chi connectivity index (χ4v) is 1.87. The first-order valence-corrected chi connectivity index (χ1v) is 6.33. The van der Waals surface area contributed by atoms with Gasteiger partial charge in [0.25, 0.3) is 0 Å². The summed E-state index contributed by atoms with van der Waals surface area (Å²) in [7, 11) is 2.93. The van der Waals surface area contributed by atoms with Crippen molar-refractivity contribution in [2.75, 3.05) is 26.0 Å². The second-order valence-electron chi connectivity index (χ2n) is 4.77. The molecule has 0 aliphatic heterocycles. The highest BCUT2D eigenvalue weighted by molar-refractivity contribution is 6.01. The highest BCUT2D eigenvalue weighted by atomic mass is 16.4. The lowest BCUT2D eigenvalue weighted by Gasteiger charge is -2.19. The molecule has 0 spiro atoms. The molecule has 0 aliphatic rings. The highest BCUT2D eigenvalue weighted by Crippen LogP contribution is 2.23. The number of rotatable bonds is 4. The predicted molar refractivity (Wildman–Crippen MR) is 78.6 cm³/mol. The number of aromatic carboxylic acids is 1. The van der Waals surface area contributed by atoms with E-state index >= 15 is 0 Å². The number of nitrogens with zero attached hydrogens (tertiary/aromatic N) is 1. The first-order chi connectivity index (χ1) is 9.76. The molecule has 114 valence electrons. The minimum absolute atomic E-state index is 0.0224. The number of aryl methyl sites for hydroxylation is 2. The van der Waals surface area contributed by atoms with Crippen LogP contribution in [0.2, 0.25) is 0 Å². The first-order valence-electron chi connectivity index (χ1n) is 6.33.